The van der Waals surface area contributed by atoms with Crippen LogP contribution >= 0.6 is 0 Å². The fourth-order valence-corrected chi connectivity index (χ4v) is 3.58. The Balaban J connectivity index is 1.60. The Bertz CT molecular complexity index is 1140. The number of rotatable bonds is 10. The maximum absolute atomic E-state index is 12.7. The molecular weight excluding hydrogens is 422 g/mol. The number of carbonyl (C=O) groups excluding carboxylic acids is 4. The lowest BCUT2D eigenvalue weighted by atomic mass is 10.0. The van der Waals surface area contributed by atoms with Crippen molar-refractivity contribution in [1.29, 1.82) is 0 Å². The number of primary amides is 1. The summed E-state index contributed by atoms with van der Waals surface area (Å²) in [6.07, 6.45) is 2.28. The first kappa shape index (κ1) is 23.5. The minimum atomic E-state index is -0.908. The lowest BCUT2D eigenvalue weighted by molar-refractivity contribution is -0.130. The predicted octanol–water partition coefficient (Wildman–Crippen LogP) is 0.544. The van der Waals surface area contributed by atoms with E-state index in [0.29, 0.717) is 0 Å². The van der Waals surface area contributed by atoms with E-state index in [1.165, 1.54) is 6.92 Å². The number of aromatic amines is 1. The number of hydrogen-bond donors (Lipinski definition) is 5. The molecule has 172 valence electrons. The topological polar surface area (TPSA) is 146 Å². The van der Waals surface area contributed by atoms with E-state index >= 15 is 0 Å². The number of H-pyrrole nitrogens is 1. The van der Waals surface area contributed by atoms with Gasteiger partial charge in [-0.25, -0.2) is 0 Å². The summed E-state index contributed by atoms with van der Waals surface area (Å²) < 4.78 is 0. The van der Waals surface area contributed by atoms with Gasteiger partial charge in [0.1, 0.15) is 12.1 Å². The van der Waals surface area contributed by atoms with Crippen molar-refractivity contribution in [1.82, 2.24) is 20.9 Å². The quantitative estimate of drug-likeness (QED) is 0.307. The van der Waals surface area contributed by atoms with Crippen LogP contribution in [-0.2, 0) is 32.0 Å². The Hall–Kier alpha value is -4.14. The molecule has 0 aliphatic carbocycles. The smallest absolute Gasteiger partial charge is 0.243 e. The highest BCUT2D eigenvalue weighted by Gasteiger charge is 2.23. The van der Waals surface area contributed by atoms with Gasteiger partial charge in [-0.2, -0.15) is 0 Å². The van der Waals surface area contributed by atoms with Crippen molar-refractivity contribution < 1.29 is 19.2 Å². The fraction of sp³-hybridized carbons (Fsp3) is 0.250. The van der Waals surface area contributed by atoms with E-state index in [1.807, 2.05) is 54.6 Å². The van der Waals surface area contributed by atoms with E-state index in [9.17, 15) is 19.2 Å². The summed E-state index contributed by atoms with van der Waals surface area (Å²) in [7, 11) is 0. The van der Waals surface area contributed by atoms with Crippen LogP contribution in [0.15, 0.2) is 60.8 Å². The molecule has 0 radical (unpaired) electrons. The standard InChI is InChI=1S/C24H27N5O4/c1-15(30)28-21(12-17-13-26-19-10-6-5-9-18(17)19)24(33)27-14-22(31)29-20(23(25)32)11-16-7-3-2-4-8-16/h2-10,13,20-21,26H,11-12,14H2,1H3,(H2,25,32)(H,27,33)(H,28,30)(H,29,31). The van der Waals surface area contributed by atoms with Gasteiger partial charge in [0.25, 0.3) is 0 Å². The van der Waals surface area contributed by atoms with Crippen molar-refractivity contribution >= 4 is 34.5 Å². The third-order valence-corrected chi connectivity index (χ3v) is 5.18. The average Bonchev–Trinajstić information content (AvgIpc) is 3.20. The Kier molecular flexibility index (Phi) is 7.80. The average molecular weight is 450 g/mol. The highest BCUT2D eigenvalue weighted by molar-refractivity contribution is 5.93. The van der Waals surface area contributed by atoms with E-state index in [0.717, 1.165) is 22.0 Å². The van der Waals surface area contributed by atoms with Crippen LogP contribution in [0.2, 0.25) is 0 Å². The van der Waals surface area contributed by atoms with Gasteiger partial charge in [0, 0.05) is 36.9 Å². The Morgan fingerprint density at radius 2 is 1.61 bits per heavy atom. The molecule has 4 amide bonds. The maximum atomic E-state index is 12.7. The number of nitrogens with two attached hydrogens (primary N) is 1. The van der Waals surface area contributed by atoms with Gasteiger partial charge >= 0.3 is 0 Å². The molecular formula is C24H27N5O4. The third-order valence-electron chi connectivity index (χ3n) is 5.18. The molecule has 6 N–H and O–H groups in total. The molecule has 0 saturated heterocycles. The Morgan fingerprint density at radius 3 is 2.30 bits per heavy atom. The SMILES string of the molecule is CC(=O)NC(Cc1c[nH]c2ccccc12)C(=O)NCC(=O)NC(Cc1ccccc1)C(N)=O. The van der Waals surface area contributed by atoms with Crippen molar-refractivity contribution in [2.45, 2.75) is 31.8 Å². The van der Waals surface area contributed by atoms with E-state index in [4.69, 9.17) is 5.73 Å². The minimum Gasteiger partial charge on any atom is -0.368 e. The van der Waals surface area contributed by atoms with Crippen LogP contribution in [0.4, 0.5) is 0 Å². The second kappa shape index (κ2) is 10.9. The number of hydrogen-bond acceptors (Lipinski definition) is 4. The van der Waals surface area contributed by atoms with Gasteiger partial charge in [0.2, 0.25) is 23.6 Å². The predicted molar refractivity (Wildman–Crippen MR) is 124 cm³/mol. The lowest BCUT2D eigenvalue weighted by Gasteiger charge is -2.19. The second-order valence-corrected chi connectivity index (χ2v) is 7.75. The van der Waals surface area contributed by atoms with Gasteiger partial charge in [-0.05, 0) is 17.2 Å². The molecule has 9 heteroatoms. The molecule has 9 nitrogen and oxygen atoms in total. The molecule has 0 spiro atoms. The molecule has 3 aromatic rings. The van der Waals surface area contributed by atoms with Crippen LogP contribution in [-0.4, -0.2) is 47.2 Å². The van der Waals surface area contributed by atoms with E-state index in [1.54, 1.807) is 6.20 Å². The number of nitrogens with one attached hydrogen (secondary N) is 4. The molecule has 2 aromatic carbocycles. The van der Waals surface area contributed by atoms with Gasteiger partial charge < -0.3 is 26.7 Å². The van der Waals surface area contributed by atoms with Gasteiger partial charge in [-0.1, -0.05) is 48.5 Å². The number of fused-ring (bicyclic) bond motifs is 1. The zero-order valence-electron chi connectivity index (χ0n) is 18.3. The Labute approximate surface area is 191 Å². The van der Waals surface area contributed by atoms with Gasteiger partial charge in [-0.3, -0.25) is 19.2 Å². The van der Waals surface area contributed by atoms with Gasteiger partial charge in [-0.15, -0.1) is 0 Å². The van der Waals surface area contributed by atoms with Crippen LogP contribution in [0, 0.1) is 0 Å². The molecule has 0 fully saturated rings. The molecule has 0 aliphatic heterocycles. The highest BCUT2D eigenvalue weighted by Crippen LogP contribution is 2.19. The van der Waals surface area contributed by atoms with Crippen molar-refractivity contribution in [2.75, 3.05) is 6.54 Å². The van der Waals surface area contributed by atoms with Crippen molar-refractivity contribution in [3.05, 3.63) is 71.9 Å². The second-order valence-electron chi connectivity index (χ2n) is 7.75. The first-order valence-electron chi connectivity index (χ1n) is 10.6. The van der Waals surface area contributed by atoms with E-state index in [2.05, 4.69) is 20.9 Å². The van der Waals surface area contributed by atoms with Crippen LogP contribution in [0.5, 0.6) is 0 Å². The number of carbonyl (C=O) groups is 4. The van der Waals surface area contributed by atoms with Gasteiger partial charge in [0.05, 0.1) is 6.54 Å². The van der Waals surface area contributed by atoms with Crippen molar-refractivity contribution in [2.24, 2.45) is 5.73 Å². The highest BCUT2D eigenvalue weighted by atomic mass is 16.2. The van der Waals surface area contributed by atoms with Crippen molar-refractivity contribution in [3.63, 3.8) is 0 Å². The normalized spacial score (nSPS) is 12.5. The molecule has 0 bridgehead atoms. The van der Waals surface area contributed by atoms with Crippen molar-refractivity contribution in [3.8, 4) is 0 Å². The summed E-state index contributed by atoms with van der Waals surface area (Å²) in [5, 5.41) is 8.65. The molecule has 33 heavy (non-hydrogen) atoms. The zero-order valence-corrected chi connectivity index (χ0v) is 18.3. The fourth-order valence-electron chi connectivity index (χ4n) is 3.58. The summed E-state index contributed by atoms with van der Waals surface area (Å²) in [4.78, 5) is 51.7. The van der Waals surface area contributed by atoms with Crippen LogP contribution < -0.4 is 21.7 Å². The molecule has 2 unspecified atom stereocenters. The summed E-state index contributed by atoms with van der Waals surface area (Å²) in [6.45, 7) is 0.963. The van der Waals surface area contributed by atoms with Gasteiger partial charge in [0.15, 0.2) is 0 Å². The first-order valence-corrected chi connectivity index (χ1v) is 10.6. The summed E-state index contributed by atoms with van der Waals surface area (Å²) in [6, 6.07) is 15.0. The summed E-state index contributed by atoms with van der Waals surface area (Å²) in [5.41, 5.74) is 8.05. The summed E-state index contributed by atoms with van der Waals surface area (Å²) >= 11 is 0. The largest absolute Gasteiger partial charge is 0.368 e. The number of amides is 4. The number of benzene rings is 2. The first-order chi connectivity index (χ1) is 15.8. The molecule has 2 atom stereocenters. The van der Waals surface area contributed by atoms with E-state index in [-0.39, 0.29) is 25.3 Å². The minimum absolute atomic E-state index is 0.241. The lowest BCUT2D eigenvalue weighted by Crippen LogP contribution is -2.52. The molecule has 3 rings (SSSR count). The third kappa shape index (κ3) is 6.67. The Morgan fingerprint density at radius 1 is 0.909 bits per heavy atom. The monoisotopic (exact) mass is 449 g/mol. The maximum Gasteiger partial charge on any atom is 0.243 e. The van der Waals surface area contributed by atoms with E-state index < -0.39 is 29.8 Å². The molecule has 1 heterocycles. The molecule has 0 aliphatic rings. The van der Waals surface area contributed by atoms with Crippen LogP contribution in [0.25, 0.3) is 10.9 Å². The number of aromatic nitrogens is 1. The molecule has 0 saturated carbocycles. The summed E-state index contributed by atoms with van der Waals surface area (Å²) in [5.74, 6) is -2.11. The molecule has 1 aromatic heterocycles. The number of para-hydroxylation sites is 1. The zero-order chi connectivity index (χ0) is 23.8. The van der Waals surface area contributed by atoms with Crippen LogP contribution in [0.3, 0.4) is 0 Å². The van der Waals surface area contributed by atoms with Crippen LogP contribution in [0.1, 0.15) is 18.1 Å².